The standard InChI is InChI=1S/C20H22N2O2S2/c1-3-24-16-9-10-17-18(14-16)26-20(22(17)11-12-25-2)21-19(23)13-15-7-5-4-6-8-15/h4-10,14H,3,11-13H2,1-2H3. The molecular formula is C20H22N2O2S2. The molecule has 3 aromatic rings. The van der Waals surface area contributed by atoms with Crippen LogP contribution in [0.3, 0.4) is 0 Å². The zero-order chi connectivity index (χ0) is 18.4. The maximum Gasteiger partial charge on any atom is 0.252 e. The SMILES string of the molecule is CCOc1ccc2c(c1)sc(=NC(=O)Cc1ccccc1)n2CCSC. The number of carbonyl (C=O) groups is 1. The summed E-state index contributed by atoms with van der Waals surface area (Å²) in [4.78, 5) is 17.6. The highest BCUT2D eigenvalue weighted by Crippen LogP contribution is 2.23. The molecule has 6 heteroatoms. The molecule has 1 heterocycles. The van der Waals surface area contributed by atoms with Gasteiger partial charge in [-0.3, -0.25) is 4.79 Å². The third kappa shape index (κ3) is 4.56. The van der Waals surface area contributed by atoms with Crippen molar-refractivity contribution >= 4 is 39.2 Å². The van der Waals surface area contributed by atoms with Gasteiger partial charge in [-0.2, -0.15) is 16.8 Å². The first-order valence-corrected chi connectivity index (χ1v) is 10.8. The summed E-state index contributed by atoms with van der Waals surface area (Å²) in [5.41, 5.74) is 2.08. The molecule has 0 fully saturated rings. The molecule has 0 unspecified atom stereocenters. The number of amides is 1. The number of nitrogens with zero attached hydrogens (tertiary/aromatic N) is 2. The monoisotopic (exact) mass is 386 g/mol. The molecule has 26 heavy (non-hydrogen) atoms. The Hall–Kier alpha value is -2.05. The second-order valence-electron chi connectivity index (χ2n) is 5.76. The van der Waals surface area contributed by atoms with Crippen molar-refractivity contribution in [3.05, 3.63) is 58.9 Å². The number of benzene rings is 2. The number of fused-ring (bicyclic) bond motifs is 1. The van der Waals surface area contributed by atoms with Crippen LogP contribution >= 0.6 is 23.1 Å². The van der Waals surface area contributed by atoms with Crippen LogP contribution in [0.2, 0.25) is 0 Å². The third-order valence-electron chi connectivity index (χ3n) is 3.90. The predicted octanol–water partition coefficient (Wildman–Crippen LogP) is 4.13. The first kappa shape index (κ1) is 18.7. The minimum absolute atomic E-state index is 0.120. The van der Waals surface area contributed by atoms with Gasteiger partial charge in [0.25, 0.3) is 5.91 Å². The highest BCUT2D eigenvalue weighted by atomic mass is 32.2. The van der Waals surface area contributed by atoms with Crippen molar-refractivity contribution in [2.45, 2.75) is 19.9 Å². The molecule has 0 aliphatic heterocycles. The van der Waals surface area contributed by atoms with Crippen molar-refractivity contribution in [3.8, 4) is 5.75 Å². The Bertz CT molecular complexity index is 945. The molecule has 0 aliphatic rings. The van der Waals surface area contributed by atoms with Gasteiger partial charge in [-0.1, -0.05) is 41.7 Å². The van der Waals surface area contributed by atoms with Crippen LogP contribution in [0.1, 0.15) is 12.5 Å². The molecular weight excluding hydrogens is 364 g/mol. The van der Waals surface area contributed by atoms with Crippen LogP contribution < -0.4 is 9.54 Å². The number of aryl methyl sites for hydroxylation is 1. The molecule has 0 N–H and O–H groups in total. The fourth-order valence-electron chi connectivity index (χ4n) is 2.71. The number of hydrogen-bond acceptors (Lipinski definition) is 4. The van der Waals surface area contributed by atoms with E-state index in [1.165, 1.54) is 11.3 Å². The molecule has 0 spiro atoms. The zero-order valence-electron chi connectivity index (χ0n) is 15.0. The van der Waals surface area contributed by atoms with E-state index in [0.29, 0.717) is 13.0 Å². The quantitative estimate of drug-likeness (QED) is 0.613. The second kappa shape index (κ2) is 9.05. The lowest BCUT2D eigenvalue weighted by atomic mass is 10.1. The van der Waals surface area contributed by atoms with Gasteiger partial charge < -0.3 is 9.30 Å². The van der Waals surface area contributed by atoms with E-state index in [1.54, 1.807) is 11.8 Å². The molecule has 0 saturated carbocycles. The molecule has 1 aromatic heterocycles. The van der Waals surface area contributed by atoms with Crippen molar-refractivity contribution in [1.82, 2.24) is 4.57 Å². The molecule has 0 atom stereocenters. The summed E-state index contributed by atoms with van der Waals surface area (Å²) in [7, 11) is 0. The number of ether oxygens (including phenoxy) is 1. The summed E-state index contributed by atoms with van der Waals surface area (Å²) in [6.45, 7) is 3.43. The number of thioether (sulfide) groups is 1. The fourth-order valence-corrected chi connectivity index (χ4v) is 4.18. The first-order chi connectivity index (χ1) is 12.7. The van der Waals surface area contributed by atoms with Gasteiger partial charge in [-0.15, -0.1) is 0 Å². The van der Waals surface area contributed by atoms with E-state index in [0.717, 1.165) is 38.6 Å². The maximum absolute atomic E-state index is 12.5. The van der Waals surface area contributed by atoms with Gasteiger partial charge in [-0.25, -0.2) is 0 Å². The minimum atomic E-state index is -0.120. The van der Waals surface area contributed by atoms with E-state index in [1.807, 2.05) is 49.4 Å². The Labute approximate surface area is 161 Å². The number of hydrogen-bond donors (Lipinski definition) is 0. The van der Waals surface area contributed by atoms with E-state index in [-0.39, 0.29) is 5.91 Å². The molecule has 3 rings (SSSR count). The van der Waals surface area contributed by atoms with Crippen LogP contribution in [0.4, 0.5) is 0 Å². The first-order valence-electron chi connectivity index (χ1n) is 8.58. The Morgan fingerprint density at radius 2 is 2.04 bits per heavy atom. The van der Waals surface area contributed by atoms with Crippen molar-refractivity contribution < 1.29 is 9.53 Å². The van der Waals surface area contributed by atoms with Gasteiger partial charge in [0.05, 0.1) is 23.2 Å². The Morgan fingerprint density at radius 1 is 1.23 bits per heavy atom. The normalized spacial score (nSPS) is 11.8. The van der Waals surface area contributed by atoms with E-state index < -0.39 is 0 Å². The summed E-state index contributed by atoms with van der Waals surface area (Å²) >= 11 is 3.32. The molecule has 0 bridgehead atoms. The summed E-state index contributed by atoms with van der Waals surface area (Å²) in [6.07, 6.45) is 2.40. The average Bonchev–Trinajstić information content (AvgIpc) is 2.97. The van der Waals surface area contributed by atoms with Gasteiger partial charge in [0, 0.05) is 12.3 Å². The number of carbonyl (C=O) groups excluding carboxylic acids is 1. The van der Waals surface area contributed by atoms with Crippen LogP contribution in [0.5, 0.6) is 5.75 Å². The van der Waals surface area contributed by atoms with Gasteiger partial charge in [-0.05, 0) is 36.9 Å². The third-order valence-corrected chi connectivity index (χ3v) is 5.53. The van der Waals surface area contributed by atoms with Crippen LogP contribution in [-0.4, -0.2) is 29.1 Å². The lowest BCUT2D eigenvalue weighted by molar-refractivity contribution is -0.117. The average molecular weight is 387 g/mol. The lowest BCUT2D eigenvalue weighted by Crippen LogP contribution is -2.18. The van der Waals surface area contributed by atoms with E-state index in [9.17, 15) is 4.79 Å². The summed E-state index contributed by atoms with van der Waals surface area (Å²) in [6, 6.07) is 15.8. The van der Waals surface area contributed by atoms with Gasteiger partial charge >= 0.3 is 0 Å². The minimum Gasteiger partial charge on any atom is -0.494 e. The molecule has 1 amide bonds. The highest BCUT2D eigenvalue weighted by molar-refractivity contribution is 7.98. The number of thiazole rings is 1. The molecule has 0 aliphatic carbocycles. The van der Waals surface area contributed by atoms with Gasteiger partial charge in [0.15, 0.2) is 4.80 Å². The van der Waals surface area contributed by atoms with E-state index >= 15 is 0 Å². The highest BCUT2D eigenvalue weighted by Gasteiger charge is 2.09. The van der Waals surface area contributed by atoms with Crippen molar-refractivity contribution in [2.24, 2.45) is 4.99 Å². The smallest absolute Gasteiger partial charge is 0.252 e. The topological polar surface area (TPSA) is 43.6 Å². The lowest BCUT2D eigenvalue weighted by Gasteiger charge is -2.05. The van der Waals surface area contributed by atoms with Crippen molar-refractivity contribution in [3.63, 3.8) is 0 Å². The van der Waals surface area contributed by atoms with Crippen LogP contribution in [-0.2, 0) is 17.8 Å². The Morgan fingerprint density at radius 3 is 2.77 bits per heavy atom. The molecule has 0 saturated heterocycles. The Kier molecular flexibility index (Phi) is 6.52. The largest absolute Gasteiger partial charge is 0.494 e. The summed E-state index contributed by atoms with van der Waals surface area (Å²) in [5.74, 6) is 1.70. The Balaban J connectivity index is 1.97. The molecule has 4 nitrogen and oxygen atoms in total. The van der Waals surface area contributed by atoms with Crippen LogP contribution in [0.25, 0.3) is 10.2 Å². The van der Waals surface area contributed by atoms with Crippen molar-refractivity contribution in [1.29, 1.82) is 0 Å². The van der Waals surface area contributed by atoms with Crippen LogP contribution in [0, 0.1) is 0 Å². The van der Waals surface area contributed by atoms with E-state index in [2.05, 4.69) is 21.9 Å². The van der Waals surface area contributed by atoms with Gasteiger partial charge in [0.1, 0.15) is 5.75 Å². The van der Waals surface area contributed by atoms with Crippen molar-refractivity contribution in [2.75, 3.05) is 18.6 Å². The number of aromatic nitrogens is 1. The fraction of sp³-hybridized carbons (Fsp3) is 0.300. The molecule has 2 aromatic carbocycles. The maximum atomic E-state index is 12.5. The zero-order valence-corrected chi connectivity index (χ0v) is 16.6. The van der Waals surface area contributed by atoms with E-state index in [4.69, 9.17) is 4.74 Å². The molecule has 136 valence electrons. The predicted molar refractivity (Wildman–Crippen MR) is 110 cm³/mol. The number of rotatable bonds is 7. The summed E-state index contributed by atoms with van der Waals surface area (Å²) in [5, 5.41) is 0. The second-order valence-corrected chi connectivity index (χ2v) is 7.75. The summed E-state index contributed by atoms with van der Waals surface area (Å²) < 4.78 is 8.82. The van der Waals surface area contributed by atoms with Gasteiger partial charge in [0.2, 0.25) is 0 Å². The van der Waals surface area contributed by atoms with Crippen LogP contribution in [0.15, 0.2) is 53.5 Å². The molecule has 0 radical (unpaired) electrons.